The molecule has 0 unspecified atom stereocenters. The van der Waals surface area contributed by atoms with E-state index in [0.29, 0.717) is 6.54 Å². The molecular weight excluding hydrogens is 286 g/mol. The van der Waals surface area contributed by atoms with Crippen molar-refractivity contribution in [1.82, 2.24) is 14.9 Å². The monoisotopic (exact) mass is 310 g/mol. The van der Waals surface area contributed by atoms with E-state index in [0.717, 1.165) is 50.5 Å². The van der Waals surface area contributed by atoms with Crippen LogP contribution in [0.4, 0.5) is 14.6 Å². The first-order valence-corrected chi connectivity index (χ1v) is 8.25. The number of fused-ring (bicyclic) bond motifs is 1. The molecule has 1 aliphatic carbocycles. The van der Waals surface area contributed by atoms with Gasteiger partial charge in [-0.3, -0.25) is 4.90 Å². The fourth-order valence-electron chi connectivity index (χ4n) is 3.52. The SMILES string of the molecule is Cc1nc2c(c(N3CCCN(CC(F)F)CC3)n1)CCCC2. The molecule has 2 aliphatic rings. The third kappa shape index (κ3) is 3.54. The predicted molar refractivity (Wildman–Crippen MR) is 82.7 cm³/mol. The minimum absolute atomic E-state index is 0.116. The lowest BCUT2D eigenvalue weighted by Gasteiger charge is -2.27. The van der Waals surface area contributed by atoms with Crippen molar-refractivity contribution >= 4 is 5.82 Å². The van der Waals surface area contributed by atoms with Crippen LogP contribution in [0, 0.1) is 6.92 Å². The number of halogens is 2. The van der Waals surface area contributed by atoms with E-state index < -0.39 is 6.43 Å². The third-order valence-corrected chi connectivity index (χ3v) is 4.56. The molecule has 0 spiro atoms. The van der Waals surface area contributed by atoms with Crippen molar-refractivity contribution in [2.24, 2.45) is 0 Å². The lowest BCUT2D eigenvalue weighted by molar-refractivity contribution is 0.0917. The highest BCUT2D eigenvalue weighted by molar-refractivity contribution is 5.50. The van der Waals surface area contributed by atoms with Crippen LogP contribution < -0.4 is 4.90 Å². The lowest BCUT2D eigenvalue weighted by Crippen LogP contribution is -2.34. The standard InChI is InChI=1S/C16H24F2N4/c1-12-19-14-6-3-2-5-13(14)16(20-12)22-8-4-7-21(9-10-22)11-15(17)18/h15H,2-11H2,1H3. The average molecular weight is 310 g/mol. The highest BCUT2D eigenvalue weighted by atomic mass is 19.3. The number of anilines is 1. The molecule has 1 aromatic heterocycles. The van der Waals surface area contributed by atoms with Crippen LogP contribution in [0.1, 0.15) is 36.3 Å². The fourth-order valence-corrected chi connectivity index (χ4v) is 3.52. The molecule has 0 amide bonds. The summed E-state index contributed by atoms with van der Waals surface area (Å²) >= 11 is 0. The zero-order valence-electron chi connectivity index (χ0n) is 13.2. The van der Waals surface area contributed by atoms with Gasteiger partial charge in [-0.25, -0.2) is 18.7 Å². The van der Waals surface area contributed by atoms with Gasteiger partial charge in [-0.05, 0) is 39.0 Å². The summed E-state index contributed by atoms with van der Waals surface area (Å²) in [5.41, 5.74) is 2.49. The number of alkyl halides is 2. The molecule has 122 valence electrons. The van der Waals surface area contributed by atoms with E-state index in [-0.39, 0.29) is 6.54 Å². The predicted octanol–water partition coefficient (Wildman–Crippen LogP) is 2.44. The Morgan fingerprint density at radius 2 is 1.82 bits per heavy atom. The van der Waals surface area contributed by atoms with Gasteiger partial charge in [0, 0.05) is 37.4 Å². The summed E-state index contributed by atoms with van der Waals surface area (Å²) in [6.07, 6.45) is 3.13. The third-order valence-electron chi connectivity index (χ3n) is 4.56. The molecule has 0 saturated carbocycles. The lowest BCUT2D eigenvalue weighted by atomic mass is 9.96. The highest BCUT2D eigenvalue weighted by Crippen LogP contribution is 2.28. The normalized spacial score (nSPS) is 20.1. The molecule has 1 aliphatic heterocycles. The molecule has 4 nitrogen and oxygen atoms in total. The van der Waals surface area contributed by atoms with Crippen molar-refractivity contribution in [3.05, 3.63) is 17.1 Å². The molecule has 0 bridgehead atoms. The number of aryl methyl sites for hydroxylation is 2. The van der Waals surface area contributed by atoms with Gasteiger partial charge < -0.3 is 4.90 Å². The fraction of sp³-hybridized carbons (Fsp3) is 0.750. The van der Waals surface area contributed by atoms with Gasteiger partial charge >= 0.3 is 0 Å². The minimum Gasteiger partial charge on any atom is -0.355 e. The summed E-state index contributed by atoms with van der Waals surface area (Å²) < 4.78 is 25.1. The number of aromatic nitrogens is 2. The van der Waals surface area contributed by atoms with E-state index in [2.05, 4.69) is 14.9 Å². The van der Waals surface area contributed by atoms with Crippen LogP contribution in [-0.2, 0) is 12.8 Å². The number of hydrogen-bond donors (Lipinski definition) is 0. The first-order valence-electron chi connectivity index (χ1n) is 8.25. The van der Waals surface area contributed by atoms with Crippen LogP contribution >= 0.6 is 0 Å². The Kier molecular flexibility index (Phi) is 4.86. The van der Waals surface area contributed by atoms with Crippen LogP contribution in [0.3, 0.4) is 0 Å². The summed E-state index contributed by atoms with van der Waals surface area (Å²) in [6, 6.07) is 0. The van der Waals surface area contributed by atoms with E-state index >= 15 is 0 Å². The Morgan fingerprint density at radius 3 is 2.64 bits per heavy atom. The molecule has 0 N–H and O–H groups in total. The molecule has 1 saturated heterocycles. The largest absolute Gasteiger partial charge is 0.355 e. The van der Waals surface area contributed by atoms with Gasteiger partial charge in [0.1, 0.15) is 11.6 Å². The van der Waals surface area contributed by atoms with E-state index in [4.69, 9.17) is 0 Å². The summed E-state index contributed by atoms with van der Waals surface area (Å²) in [4.78, 5) is 13.4. The van der Waals surface area contributed by atoms with E-state index in [1.54, 1.807) is 0 Å². The minimum atomic E-state index is -2.25. The Morgan fingerprint density at radius 1 is 1.00 bits per heavy atom. The number of nitrogens with zero attached hydrogens (tertiary/aromatic N) is 4. The number of hydrogen-bond acceptors (Lipinski definition) is 4. The maximum atomic E-state index is 12.6. The average Bonchev–Trinajstić information content (AvgIpc) is 2.71. The van der Waals surface area contributed by atoms with Crippen molar-refractivity contribution < 1.29 is 8.78 Å². The molecule has 1 aromatic rings. The van der Waals surface area contributed by atoms with Gasteiger partial charge in [0.25, 0.3) is 6.43 Å². The maximum absolute atomic E-state index is 12.6. The molecule has 22 heavy (non-hydrogen) atoms. The smallest absolute Gasteiger partial charge is 0.251 e. The zero-order valence-corrected chi connectivity index (χ0v) is 13.2. The van der Waals surface area contributed by atoms with Crippen LogP contribution in [0.25, 0.3) is 0 Å². The summed E-state index contributed by atoms with van der Waals surface area (Å²) in [6.45, 7) is 4.92. The van der Waals surface area contributed by atoms with Crippen molar-refractivity contribution in [1.29, 1.82) is 0 Å². The summed E-state index contributed by atoms with van der Waals surface area (Å²) in [5.74, 6) is 1.88. The number of rotatable bonds is 3. The highest BCUT2D eigenvalue weighted by Gasteiger charge is 2.23. The zero-order chi connectivity index (χ0) is 15.5. The second-order valence-corrected chi connectivity index (χ2v) is 6.26. The van der Waals surface area contributed by atoms with Crippen molar-refractivity contribution in [2.45, 2.75) is 45.5 Å². The molecular formula is C16H24F2N4. The Labute approximate surface area is 130 Å². The van der Waals surface area contributed by atoms with E-state index in [1.165, 1.54) is 24.1 Å². The molecule has 3 rings (SSSR count). The van der Waals surface area contributed by atoms with Gasteiger partial charge in [-0.15, -0.1) is 0 Å². The molecule has 0 aromatic carbocycles. The first-order chi connectivity index (χ1) is 10.6. The van der Waals surface area contributed by atoms with Gasteiger partial charge in [-0.1, -0.05) is 0 Å². The van der Waals surface area contributed by atoms with Gasteiger partial charge in [-0.2, -0.15) is 0 Å². The topological polar surface area (TPSA) is 32.3 Å². The summed E-state index contributed by atoms with van der Waals surface area (Å²) in [5, 5.41) is 0. The molecule has 1 fully saturated rings. The Bertz CT molecular complexity index is 521. The molecule has 0 atom stereocenters. The van der Waals surface area contributed by atoms with Crippen molar-refractivity contribution in [3.8, 4) is 0 Å². The van der Waals surface area contributed by atoms with E-state index in [1.807, 2.05) is 11.8 Å². The van der Waals surface area contributed by atoms with Crippen LogP contribution in [0.15, 0.2) is 0 Å². The van der Waals surface area contributed by atoms with Gasteiger partial charge in [0.05, 0.1) is 6.54 Å². The Balaban J connectivity index is 1.78. The molecule has 6 heteroatoms. The van der Waals surface area contributed by atoms with Crippen molar-refractivity contribution in [3.63, 3.8) is 0 Å². The quantitative estimate of drug-likeness (QED) is 0.858. The summed E-state index contributed by atoms with van der Waals surface area (Å²) in [7, 11) is 0. The van der Waals surface area contributed by atoms with E-state index in [9.17, 15) is 8.78 Å². The maximum Gasteiger partial charge on any atom is 0.251 e. The van der Waals surface area contributed by atoms with Crippen molar-refractivity contribution in [2.75, 3.05) is 37.6 Å². The second kappa shape index (κ2) is 6.86. The molecule has 0 radical (unpaired) electrons. The second-order valence-electron chi connectivity index (χ2n) is 6.26. The first kappa shape index (κ1) is 15.6. The van der Waals surface area contributed by atoms with Gasteiger partial charge in [0.2, 0.25) is 0 Å². The molecule has 2 heterocycles. The van der Waals surface area contributed by atoms with Crippen LogP contribution in [-0.4, -0.2) is 54.0 Å². The van der Waals surface area contributed by atoms with Crippen LogP contribution in [0.5, 0.6) is 0 Å². The Hall–Kier alpha value is -1.30. The van der Waals surface area contributed by atoms with Gasteiger partial charge in [0.15, 0.2) is 0 Å². The van der Waals surface area contributed by atoms with Crippen LogP contribution in [0.2, 0.25) is 0 Å².